The molecule has 140 valence electrons. The molecule has 2 aliphatic carbocycles. The smallest absolute Gasteiger partial charge is 0.280 e. The van der Waals surface area contributed by atoms with Gasteiger partial charge in [-0.05, 0) is 12.8 Å². The summed E-state index contributed by atoms with van der Waals surface area (Å²) < 4.78 is 5.70. The fourth-order valence-corrected chi connectivity index (χ4v) is 3.69. The molecule has 0 radical (unpaired) electrons. The Morgan fingerprint density at radius 2 is 1.81 bits per heavy atom. The minimum Gasteiger partial charge on any atom is -0.466 e. The van der Waals surface area contributed by atoms with E-state index >= 15 is 0 Å². The second-order valence-corrected chi connectivity index (χ2v) is 7.28. The summed E-state index contributed by atoms with van der Waals surface area (Å²) in [5.74, 6) is 1.31. The maximum atomic E-state index is 12.5. The van der Waals surface area contributed by atoms with Crippen LogP contribution in [0.15, 0.2) is 53.2 Å². The third-order valence-electron chi connectivity index (χ3n) is 5.25. The van der Waals surface area contributed by atoms with Crippen molar-refractivity contribution in [2.75, 3.05) is 6.61 Å². The van der Waals surface area contributed by atoms with E-state index in [2.05, 4.69) is 61.5 Å². The zero-order valence-electron chi connectivity index (χ0n) is 15.9. The summed E-state index contributed by atoms with van der Waals surface area (Å²) in [6.07, 6.45) is 21.6. The first-order valence-corrected chi connectivity index (χ1v) is 10.0. The van der Waals surface area contributed by atoms with Gasteiger partial charge in [0.2, 0.25) is 5.90 Å². The van der Waals surface area contributed by atoms with E-state index in [1.54, 1.807) is 5.01 Å². The third-order valence-corrected chi connectivity index (χ3v) is 5.25. The van der Waals surface area contributed by atoms with Crippen LogP contribution in [0.5, 0.6) is 0 Å². The quantitative estimate of drug-likeness (QED) is 0.630. The molecule has 0 aromatic carbocycles. The first-order chi connectivity index (χ1) is 12.7. The number of amides is 1. The first-order valence-electron chi connectivity index (χ1n) is 10.0. The number of carbonyl (C=O) groups excluding carboxylic acids is 1. The predicted octanol–water partition coefficient (Wildman–Crippen LogP) is 4.76. The van der Waals surface area contributed by atoms with Crippen molar-refractivity contribution in [2.24, 2.45) is 16.9 Å². The molecule has 26 heavy (non-hydrogen) atoms. The second kappa shape index (κ2) is 9.02. The molecule has 2 atom stereocenters. The molecule has 1 heterocycles. The highest BCUT2D eigenvalue weighted by Crippen LogP contribution is 2.29. The van der Waals surface area contributed by atoms with Gasteiger partial charge < -0.3 is 4.74 Å². The van der Waals surface area contributed by atoms with E-state index in [4.69, 9.17) is 4.74 Å². The fourth-order valence-electron chi connectivity index (χ4n) is 3.69. The Hall–Kier alpha value is -2.10. The van der Waals surface area contributed by atoms with Crippen molar-refractivity contribution >= 4 is 11.8 Å². The van der Waals surface area contributed by atoms with Gasteiger partial charge in [-0.1, -0.05) is 82.1 Å². The molecular weight excluding hydrogens is 324 g/mol. The number of fused-ring (bicyclic) bond motifs is 1. The normalized spacial score (nSPS) is 24.4. The van der Waals surface area contributed by atoms with Gasteiger partial charge in [0.05, 0.1) is 6.04 Å². The van der Waals surface area contributed by atoms with Gasteiger partial charge in [-0.15, -0.1) is 5.10 Å². The van der Waals surface area contributed by atoms with Crippen molar-refractivity contribution in [2.45, 2.75) is 58.4 Å². The Bertz CT molecular complexity index is 649. The largest absolute Gasteiger partial charge is 0.466 e. The van der Waals surface area contributed by atoms with Crippen molar-refractivity contribution in [3.05, 3.63) is 48.1 Å². The number of nitrogens with zero attached hydrogens (tertiary/aromatic N) is 2. The van der Waals surface area contributed by atoms with Crippen LogP contribution in [-0.2, 0) is 9.53 Å². The van der Waals surface area contributed by atoms with Gasteiger partial charge >= 0.3 is 0 Å². The van der Waals surface area contributed by atoms with Crippen LogP contribution in [0, 0.1) is 11.8 Å². The van der Waals surface area contributed by atoms with Gasteiger partial charge in [-0.2, -0.15) is 0 Å². The molecule has 0 bridgehead atoms. The Balaban J connectivity index is 1.79. The molecule has 4 heteroatoms. The number of hydrogen-bond donors (Lipinski definition) is 0. The summed E-state index contributed by atoms with van der Waals surface area (Å²) in [6, 6.07) is 0.180. The van der Waals surface area contributed by atoms with E-state index in [-0.39, 0.29) is 18.6 Å². The second-order valence-electron chi connectivity index (χ2n) is 7.28. The molecule has 0 fully saturated rings. The van der Waals surface area contributed by atoms with E-state index in [1.807, 2.05) is 0 Å². The van der Waals surface area contributed by atoms with Gasteiger partial charge in [-0.25, -0.2) is 5.01 Å². The number of allylic oxidation sites excluding steroid dienone is 6. The average Bonchev–Trinajstić information content (AvgIpc) is 2.68. The van der Waals surface area contributed by atoms with Crippen molar-refractivity contribution in [1.29, 1.82) is 0 Å². The summed E-state index contributed by atoms with van der Waals surface area (Å²) in [5.41, 5.74) is 0.980. The van der Waals surface area contributed by atoms with E-state index in [0.717, 1.165) is 44.1 Å². The van der Waals surface area contributed by atoms with Crippen molar-refractivity contribution < 1.29 is 9.53 Å². The first kappa shape index (κ1) is 18.7. The van der Waals surface area contributed by atoms with E-state index in [0.29, 0.717) is 17.7 Å². The molecule has 0 saturated heterocycles. The van der Waals surface area contributed by atoms with Crippen LogP contribution in [-0.4, -0.2) is 29.5 Å². The highest BCUT2D eigenvalue weighted by Gasteiger charge is 2.30. The third kappa shape index (κ3) is 4.35. The molecule has 2 unspecified atom stereocenters. The van der Waals surface area contributed by atoms with Crippen LogP contribution in [0.3, 0.4) is 0 Å². The van der Waals surface area contributed by atoms with Crippen LogP contribution in [0.25, 0.3) is 0 Å². The van der Waals surface area contributed by atoms with E-state index in [9.17, 15) is 4.79 Å². The number of carbonyl (C=O) groups is 1. The molecule has 3 rings (SSSR count). The van der Waals surface area contributed by atoms with E-state index < -0.39 is 0 Å². The topological polar surface area (TPSA) is 41.9 Å². The number of hydrazone groups is 1. The minimum absolute atomic E-state index is 0.0234. The molecule has 0 aromatic rings. The van der Waals surface area contributed by atoms with Gasteiger partial charge in [0.25, 0.3) is 5.91 Å². The lowest BCUT2D eigenvalue weighted by atomic mass is 9.83. The maximum Gasteiger partial charge on any atom is 0.280 e. The summed E-state index contributed by atoms with van der Waals surface area (Å²) >= 11 is 0. The average molecular weight is 354 g/mol. The molecule has 1 aliphatic heterocycles. The zero-order chi connectivity index (χ0) is 18.4. The van der Waals surface area contributed by atoms with Gasteiger partial charge in [0.15, 0.2) is 6.61 Å². The number of hydrogen-bond acceptors (Lipinski definition) is 3. The van der Waals surface area contributed by atoms with E-state index in [1.165, 1.54) is 0 Å². The fraction of sp³-hybridized carbons (Fsp3) is 0.545. The molecule has 1 amide bonds. The van der Waals surface area contributed by atoms with Crippen LogP contribution in [0.4, 0.5) is 0 Å². The van der Waals surface area contributed by atoms with Crippen LogP contribution in [0.1, 0.15) is 52.4 Å². The molecule has 0 spiro atoms. The van der Waals surface area contributed by atoms with Crippen LogP contribution < -0.4 is 0 Å². The minimum atomic E-state index is -0.0234. The predicted molar refractivity (Wildman–Crippen MR) is 106 cm³/mol. The molecule has 0 aromatic heterocycles. The van der Waals surface area contributed by atoms with Crippen LogP contribution in [0.2, 0.25) is 0 Å². The van der Waals surface area contributed by atoms with Crippen molar-refractivity contribution in [1.82, 2.24) is 5.01 Å². The summed E-state index contributed by atoms with van der Waals surface area (Å²) in [5, 5.41) is 6.36. The summed E-state index contributed by atoms with van der Waals surface area (Å²) in [7, 11) is 0. The highest BCUT2D eigenvalue weighted by atomic mass is 16.5. The lowest BCUT2D eigenvalue weighted by Gasteiger charge is -2.32. The highest BCUT2D eigenvalue weighted by molar-refractivity contribution is 6.00. The summed E-state index contributed by atoms with van der Waals surface area (Å²) in [4.78, 5) is 12.5. The molecule has 0 saturated carbocycles. The van der Waals surface area contributed by atoms with Crippen molar-refractivity contribution in [3.8, 4) is 0 Å². The van der Waals surface area contributed by atoms with Gasteiger partial charge in [-0.3, -0.25) is 4.79 Å². The Morgan fingerprint density at radius 1 is 1.12 bits per heavy atom. The zero-order valence-corrected chi connectivity index (χ0v) is 15.9. The van der Waals surface area contributed by atoms with Crippen LogP contribution >= 0.6 is 0 Å². The monoisotopic (exact) mass is 354 g/mol. The van der Waals surface area contributed by atoms with Gasteiger partial charge in [0, 0.05) is 17.4 Å². The molecule has 4 nitrogen and oxygen atoms in total. The molecule has 0 N–H and O–H groups in total. The standard InChI is InChI=1S/C22H30N2O2/c1-3-5-11-20(12-6-4-2)24-21(25)16-26-22(23-24)19-14-13-17-9-7-8-10-18(17)15-19/h7-10,13-15,17-18,20H,3-6,11-12,16H2,1-2H3. The molecule has 3 aliphatic rings. The number of rotatable bonds is 8. The molecular formula is C22H30N2O2. The van der Waals surface area contributed by atoms with Crippen molar-refractivity contribution in [3.63, 3.8) is 0 Å². The maximum absolute atomic E-state index is 12.5. The SMILES string of the molecule is CCCCC(CCCC)N1N=C(C2=CC3C=CC=CC3C=C2)OCC1=O. The Morgan fingerprint density at radius 3 is 2.50 bits per heavy atom. The lowest BCUT2D eigenvalue weighted by molar-refractivity contribution is -0.138. The number of ether oxygens (including phenoxy) is 1. The number of unbranched alkanes of at least 4 members (excludes halogenated alkanes) is 2. The Labute approximate surface area is 157 Å². The summed E-state index contributed by atoms with van der Waals surface area (Å²) in [6.45, 7) is 4.46. The Kier molecular flexibility index (Phi) is 6.48. The lowest BCUT2D eigenvalue weighted by Crippen LogP contribution is -2.43. The van der Waals surface area contributed by atoms with Gasteiger partial charge in [0.1, 0.15) is 0 Å².